The molecule has 0 aliphatic heterocycles. The molecule has 1 aromatic carbocycles. The average Bonchev–Trinajstić information content (AvgIpc) is 2.86. The summed E-state index contributed by atoms with van der Waals surface area (Å²) < 4.78 is 11.5. The van der Waals surface area contributed by atoms with Gasteiger partial charge in [-0.15, -0.1) is 0 Å². The van der Waals surface area contributed by atoms with E-state index in [1.807, 2.05) is 6.07 Å². The number of carbonyl (C=O) groups is 2. The molecule has 0 atom stereocenters. The molecule has 104 valence electrons. The number of nitrogens with zero attached hydrogens (tertiary/aromatic N) is 2. The predicted molar refractivity (Wildman–Crippen MR) is 71.5 cm³/mol. The Kier molecular flexibility index (Phi) is 4.14. The van der Waals surface area contributed by atoms with Crippen molar-refractivity contribution < 1.29 is 19.1 Å². The van der Waals surface area contributed by atoms with Gasteiger partial charge in [-0.25, -0.2) is 4.79 Å². The molecule has 20 heavy (non-hydrogen) atoms. The van der Waals surface area contributed by atoms with Gasteiger partial charge in [0.1, 0.15) is 11.4 Å². The lowest BCUT2D eigenvalue weighted by molar-refractivity contribution is -0.142. The summed E-state index contributed by atoms with van der Waals surface area (Å²) in [6.07, 6.45) is 2.36. The summed E-state index contributed by atoms with van der Waals surface area (Å²) in [5.74, 6) is -0.00358. The number of aryl methyl sites for hydroxylation is 1. The zero-order valence-corrected chi connectivity index (χ0v) is 11.2. The van der Waals surface area contributed by atoms with Crippen LogP contribution in [0.5, 0.6) is 5.75 Å². The van der Waals surface area contributed by atoms with E-state index in [-0.39, 0.29) is 6.61 Å². The minimum atomic E-state index is -0.476. The first kappa shape index (κ1) is 13.8. The SMILES string of the molecule is COC(=O)COc1ccccc1-c1nn(C)cc1C=O. The molecule has 1 aromatic heterocycles. The maximum Gasteiger partial charge on any atom is 0.343 e. The molecule has 0 fully saturated rings. The Hall–Kier alpha value is -2.63. The number of methoxy groups -OCH3 is 1. The molecule has 0 spiro atoms. The molecule has 0 radical (unpaired) electrons. The van der Waals surface area contributed by atoms with Crippen molar-refractivity contribution in [1.82, 2.24) is 9.78 Å². The van der Waals surface area contributed by atoms with Crippen molar-refractivity contribution in [3.05, 3.63) is 36.0 Å². The van der Waals surface area contributed by atoms with Crippen LogP contribution in [0, 0.1) is 0 Å². The number of rotatable bonds is 5. The normalized spacial score (nSPS) is 10.1. The van der Waals surface area contributed by atoms with E-state index in [1.165, 1.54) is 7.11 Å². The summed E-state index contributed by atoms with van der Waals surface area (Å²) in [4.78, 5) is 22.2. The Bertz CT molecular complexity index is 634. The molecule has 6 heteroatoms. The summed E-state index contributed by atoms with van der Waals surface area (Å²) in [5, 5.41) is 4.25. The Morgan fingerprint density at radius 3 is 2.85 bits per heavy atom. The highest BCUT2D eigenvalue weighted by molar-refractivity contribution is 5.87. The molecule has 2 rings (SSSR count). The number of aromatic nitrogens is 2. The van der Waals surface area contributed by atoms with Gasteiger partial charge >= 0.3 is 5.97 Å². The molecule has 0 N–H and O–H groups in total. The standard InChI is InChI=1S/C14H14N2O4/c1-16-7-10(8-17)14(15-16)11-5-3-4-6-12(11)20-9-13(18)19-2/h3-8H,9H2,1-2H3. The third kappa shape index (κ3) is 2.85. The molecule has 0 saturated carbocycles. The second kappa shape index (κ2) is 6.01. The van der Waals surface area contributed by atoms with E-state index in [0.717, 1.165) is 6.29 Å². The van der Waals surface area contributed by atoms with Crippen LogP contribution in [0.4, 0.5) is 0 Å². The average molecular weight is 274 g/mol. The minimum Gasteiger partial charge on any atom is -0.481 e. The second-order valence-electron chi connectivity index (χ2n) is 4.09. The van der Waals surface area contributed by atoms with Crippen LogP contribution < -0.4 is 4.74 Å². The maximum atomic E-state index is 11.1. The summed E-state index contributed by atoms with van der Waals surface area (Å²) >= 11 is 0. The number of carbonyl (C=O) groups excluding carboxylic acids is 2. The molecule has 0 bridgehead atoms. The van der Waals surface area contributed by atoms with Gasteiger partial charge in [0, 0.05) is 18.8 Å². The molecule has 0 amide bonds. The molecule has 2 aromatic rings. The molecule has 0 aliphatic carbocycles. The number of aldehydes is 1. The topological polar surface area (TPSA) is 70.4 Å². The first-order chi connectivity index (χ1) is 9.65. The largest absolute Gasteiger partial charge is 0.481 e. The highest BCUT2D eigenvalue weighted by atomic mass is 16.6. The monoisotopic (exact) mass is 274 g/mol. The lowest BCUT2D eigenvalue weighted by atomic mass is 10.1. The Morgan fingerprint density at radius 1 is 1.40 bits per heavy atom. The molecule has 0 unspecified atom stereocenters. The first-order valence-corrected chi connectivity index (χ1v) is 5.93. The van der Waals surface area contributed by atoms with Gasteiger partial charge in [-0.05, 0) is 12.1 Å². The summed E-state index contributed by atoms with van der Waals surface area (Å²) in [6.45, 7) is -0.198. The van der Waals surface area contributed by atoms with Gasteiger partial charge < -0.3 is 9.47 Å². The fourth-order valence-electron chi connectivity index (χ4n) is 1.79. The number of hydrogen-bond acceptors (Lipinski definition) is 5. The number of ether oxygens (including phenoxy) is 2. The summed E-state index contributed by atoms with van der Waals surface area (Å²) in [5.41, 5.74) is 1.63. The fraction of sp³-hybridized carbons (Fsp3) is 0.214. The summed E-state index contributed by atoms with van der Waals surface area (Å²) in [6, 6.07) is 7.08. The van der Waals surface area contributed by atoms with Gasteiger partial charge in [-0.2, -0.15) is 5.10 Å². The van der Waals surface area contributed by atoms with Crippen LogP contribution in [0.3, 0.4) is 0 Å². The van der Waals surface area contributed by atoms with E-state index < -0.39 is 5.97 Å². The van der Waals surface area contributed by atoms with Crippen LogP contribution in [0.25, 0.3) is 11.3 Å². The number of para-hydroxylation sites is 1. The highest BCUT2D eigenvalue weighted by Gasteiger charge is 2.14. The first-order valence-electron chi connectivity index (χ1n) is 5.93. The van der Waals surface area contributed by atoms with Gasteiger partial charge in [0.25, 0.3) is 0 Å². The number of hydrogen-bond donors (Lipinski definition) is 0. The van der Waals surface area contributed by atoms with E-state index in [4.69, 9.17) is 4.74 Å². The van der Waals surface area contributed by atoms with Crippen LogP contribution >= 0.6 is 0 Å². The van der Waals surface area contributed by atoms with Crippen molar-refractivity contribution in [3.63, 3.8) is 0 Å². The number of benzene rings is 1. The van der Waals surface area contributed by atoms with Gasteiger partial charge in [0.2, 0.25) is 0 Å². The van der Waals surface area contributed by atoms with Crippen LogP contribution in [-0.4, -0.2) is 35.8 Å². The molecular weight excluding hydrogens is 260 g/mol. The van der Waals surface area contributed by atoms with Crippen molar-refractivity contribution in [3.8, 4) is 17.0 Å². The molecule has 0 aliphatic rings. The van der Waals surface area contributed by atoms with Crippen molar-refractivity contribution in [2.45, 2.75) is 0 Å². The molecule has 0 saturated heterocycles. The fourth-order valence-corrected chi connectivity index (χ4v) is 1.79. The molecule has 1 heterocycles. The van der Waals surface area contributed by atoms with Crippen LogP contribution in [0.1, 0.15) is 10.4 Å². The van der Waals surface area contributed by atoms with E-state index >= 15 is 0 Å². The van der Waals surface area contributed by atoms with Crippen LogP contribution in [-0.2, 0) is 16.6 Å². The van der Waals surface area contributed by atoms with Crippen molar-refractivity contribution in [1.29, 1.82) is 0 Å². The zero-order valence-electron chi connectivity index (χ0n) is 11.2. The van der Waals surface area contributed by atoms with E-state index in [0.29, 0.717) is 22.6 Å². The maximum absolute atomic E-state index is 11.1. The molecule has 6 nitrogen and oxygen atoms in total. The van der Waals surface area contributed by atoms with Crippen molar-refractivity contribution in [2.75, 3.05) is 13.7 Å². The predicted octanol–water partition coefficient (Wildman–Crippen LogP) is 1.45. The van der Waals surface area contributed by atoms with Crippen molar-refractivity contribution >= 4 is 12.3 Å². The van der Waals surface area contributed by atoms with Crippen molar-refractivity contribution in [2.24, 2.45) is 7.05 Å². The van der Waals surface area contributed by atoms with Gasteiger partial charge in [-0.3, -0.25) is 9.48 Å². The lowest BCUT2D eigenvalue weighted by Crippen LogP contribution is -2.13. The van der Waals surface area contributed by atoms with Gasteiger partial charge in [0.15, 0.2) is 12.9 Å². The van der Waals surface area contributed by atoms with E-state index in [2.05, 4.69) is 9.84 Å². The Balaban J connectivity index is 2.36. The van der Waals surface area contributed by atoms with Crippen LogP contribution in [0.2, 0.25) is 0 Å². The second-order valence-corrected chi connectivity index (χ2v) is 4.09. The third-order valence-electron chi connectivity index (χ3n) is 2.70. The molecular formula is C14H14N2O4. The lowest BCUT2D eigenvalue weighted by Gasteiger charge is -2.09. The number of esters is 1. The van der Waals surface area contributed by atoms with Gasteiger partial charge in [0.05, 0.1) is 12.7 Å². The van der Waals surface area contributed by atoms with Crippen LogP contribution in [0.15, 0.2) is 30.5 Å². The van der Waals surface area contributed by atoms with E-state index in [1.54, 1.807) is 36.1 Å². The Labute approximate surface area is 115 Å². The quantitative estimate of drug-likeness (QED) is 0.609. The minimum absolute atomic E-state index is 0.198. The third-order valence-corrected chi connectivity index (χ3v) is 2.70. The van der Waals surface area contributed by atoms with Gasteiger partial charge in [-0.1, -0.05) is 12.1 Å². The highest BCUT2D eigenvalue weighted by Crippen LogP contribution is 2.30. The summed E-state index contributed by atoms with van der Waals surface area (Å²) in [7, 11) is 3.02. The van der Waals surface area contributed by atoms with E-state index in [9.17, 15) is 9.59 Å². The zero-order chi connectivity index (χ0) is 14.5. The Morgan fingerprint density at radius 2 is 2.15 bits per heavy atom. The smallest absolute Gasteiger partial charge is 0.343 e.